The third kappa shape index (κ3) is 1.61. The molecule has 1 aliphatic rings. The number of hydrogen-bond donors (Lipinski definition) is 2. The number of hydrogen-bond acceptors (Lipinski definition) is 2. The van der Waals surface area contributed by atoms with Gasteiger partial charge in [0.1, 0.15) is 6.04 Å². The highest BCUT2D eigenvalue weighted by Gasteiger charge is 2.28. The molecular weight excluding hydrogens is 202 g/mol. The lowest BCUT2D eigenvalue weighted by atomic mass is 9.85. The van der Waals surface area contributed by atoms with Crippen LogP contribution in [-0.4, -0.2) is 17.6 Å². The smallest absolute Gasteiger partial charge is 0.325 e. The molecular formula is C13H17NO2. The molecule has 3 nitrogen and oxygen atoms in total. The zero-order valence-electron chi connectivity index (χ0n) is 9.92. The summed E-state index contributed by atoms with van der Waals surface area (Å²) in [6.07, 6.45) is 0.923. The van der Waals surface area contributed by atoms with Crippen molar-refractivity contribution < 1.29 is 9.90 Å². The van der Waals surface area contributed by atoms with E-state index in [9.17, 15) is 9.90 Å². The molecule has 1 aromatic rings. The monoisotopic (exact) mass is 219 g/mol. The molecule has 0 saturated heterocycles. The molecule has 0 saturated carbocycles. The summed E-state index contributed by atoms with van der Waals surface area (Å²) >= 11 is 0. The molecule has 0 fully saturated rings. The fraction of sp³-hybridized carbons (Fsp3) is 0.462. The predicted molar refractivity (Wildman–Crippen MR) is 62.7 cm³/mol. The summed E-state index contributed by atoms with van der Waals surface area (Å²) < 4.78 is 0. The van der Waals surface area contributed by atoms with Crippen LogP contribution in [0.4, 0.5) is 0 Å². The normalized spacial score (nSPS) is 19.3. The van der Waals surface area contributed by atoms with Gasteiger partial charge in [-0.1, -0.05) is 6.07 Å². The van der Waals surface area contributed by atoms with Crippen molar-refractivity contribution in [3.8, 4) is 0 Å². The second-order valence-corrected chi connectivity index (χ2v) is 4.50. The van der Waals surface area contributed by atoms with E-state index >= 15 is 0 Å². The predicted octanol–water partition coefficient (Wildman–Crippen LogP) is 1.88. The molecule has 1 unspecified atom stereocenters. The van der Waals surface area contributed by atoms with E-state index in [-0.39, 0.29) is 0 Å². The number of aliphatic carboxylic acids is 1. The fourth-order valence-corrected chi connectivity index (χ4v) is 2.55. The lowest BCUT2D eigenvalue weighted by Gasteiger charge is -2.28. The van der Waals surface area contributed by atoms with Crippen molar-refractivity contribution in [1.82, 2.24) is 5.32 Å². The quantitative estimate of drug-likeness (QED) is 0.758. The Morgan fingerprint density at radius 3 is 2.69 bits per heavy atom. The van der Waals surface area contributed by atoms with E-state index in [4.69, 9.17) is 0 Å². The first-order valence-electron chi connectivity index (χ1n) is 5.58. The van der Waals surface area contributed by atoms with Gasteiger partial charge in [0, 0.05) is 6.54 Å². The maximum Gasteiger partial charge on any atom is 0.325 e. The van der Waals surface area contributed by atoms with Gasteiger partial charge >= 0.3 is 5.97 Å². The highest BCUT2D eigenvalue weighted by molar-refractivity contribution is 5.77. The van der Waals surface area contributed by atoms with Crippen LogP contribution in [0.15, 0.2) is 6.07 Å². The molecule has 1 aliphatic heterocycles. The Kier molecular flexibility index (Phi) is 2.72. The molecule has 1 heterocycles. The van der Waals surface area contributed by atoms with Crippen LogP contribution >= 0.6 is 0 Å². The molecule has 1 aromatic carbocycles. The van der Waals surface area contributed by atoms with Gasteiger partial charge in [-0.2, -0.15) is 0 Å². The van der Waals surface area contributed by atoms with E-state index in [1.54, 1.807) is 0 Å². The topological polar surface area (TPSA) is 49.3 Å². The third-order valence-corrected chi connectivity index (χ3v) is 3.49. The molecule has 3 heteroatoms. The summed E-state index contributed by atoms with van der Waals surface area (Å²) in [4.78, 5) is 11.2. The van der Waals surface area contributed by atoms with Gasteiger partial charge in [0.2, 0.25) is 0 Å². The largest absolute Gasteiger partial charge is 0.480 e. The van der Waals surface area contributed by atoms with Crippen LogP contribution in [0, 0.1) is 20.8 Å². The number of aryl methyl sites for hydroxylation is 2. The number of carboxylic acid groups (broad SMARTS) is 1. The number of fused-ring (bicyclic) bond motifs is 1. The average molecular weight is 219 g/mol. The first-order valence-corrected chi connectivity index (χ1v) is 5.58. The number of nitrogens with one attached hydrogen (secondary N) is 1. The van der Waals surface area contributed by atoms with Crippen molar-refractivity contribution in [3.05, 3.63) is 33.9 Å². The zero-order chi connectivity index (χ0) is 11.9. The summed E-state index contributed by atoms with van der Waals surface area (Å²) in [6, 6.07) is 1.61. The Morgan fingerprint density at radius 2 is 2.06 bits per heavy atom. The van der Waals surface area contributed by atoms with E-state index in [2.05, 4.69) is 18.3 Å². The van der Waals surface area contributed by atoms with Gasteiger partial charge in [-0.05, 0) is 55.0 Å². The minimum atomic E-state index is -0.783. The first kappa shape index (κ1) is 11.1. The van der Waals surface area contributed by atoms with E-state index < -0.39 is 12.0 Å². The second kappa shape index (κ2) is 3.91. The van der Waals surface area contributed by atoms with Crippen molar-refractivity contribution in [2.75, 3.05) is 6.54 Å². The van der Waals surface area contributed by atoms with Gasteiger partial charge < -0.3 is 10.4 Å². The second-order valence-electron chi connectivity index (χ2n) is 4.50. The molecule has 0 amide bonds. The van der Waals surface area contributed by atoms with Crippen molar-refractivity contribution in [2.45, 2.75) is 33.2 Å². The number of benzene rings is 1. The van der Waals surface area contributed by atoms with Crippen LogP contribution in [0.3, 0.4) is 0 Å². The molecule has 0 bridgehead atoms. The Morgan fingerprint density at radius 1 is 1.38 bits per heavy atom. The molecule has 0 radical (unpaired) electrons. The SMILES string of the molecule is Cc1cc(C)c2c(c1C)C(C(=O)O)NCC2. The Hall–Kier alpha value is -1.35. The Bertz CT molecular complexity index is 452. The summed E-state index contributed by atoms with van der Waals surface area (Å²) in [7, 11) is 0. The van der Waals surface area contributed by atoms with E-state index in [1.165, 1.54) is 16.7 Å². The van der Waals surface area contributed by atoms with Crippen molar-refractivity contribution in [3.63, 3.8) is 0 Å². The average Bonchev–Trinajstić information content (AvgIpc) is 2.25. The van der Waals surface area contributed by atoms with Crippen LogP contribution in [-0.2, 0) is 11.2 Å². The minimum absolute atomic E-state index is 0.539. The summed E-state index contributed by atoms with van der Waals surface area (Å²) in [6.45, 7) is 6.86. The van der Waals surface area contributed by atoms with Gasteiger partial charge in [0.15, 0.2) is 0 Å². The molecule has 0 spiro atoms. The third-order valence-electron chi connectivity index (χ3n) is 3.49. The van der Waals surface area contributed by atoms with Crippen LogP contribution in [0.5, 0.6) is 0 Å². The van der Waals surface area contributed by atoms with Crippen molar-refractivity contribution >= 4 is 5.97 Å². The van der Waals surface area contributed by atoms with Crippen molar-refractivity contribution in [2.24, 2.45) is 0 Å². The van der Waals surface area contributed by atoms with Gasteiger partial charge in [-0.3, -0.25) is 4.79 Å². The molecule has 2 N–H and O–H groups in total. The first-order chi connectivity index (χ1) is 7.52. The van der Waals surface area contributed by atoms with Crippen LogP contribution in [0.25, 0.3) is 0 Å². The lowest BCUT2D eigenvalue weighted by molar-refractivity contribution is -0.139. The molecule has 86 valence electrons. The summed E-state index contributed by atoms with van der Waals surface area (Å²) in [5.41, 5.74) is 5.70. The highest BCUT2D eigenvalue weighted by atomic mass is 16.4. The van der Waals surface area contributed by atoms with Crippen molar-refractivity contribution in [1.29, 1.82) is 0 Å². The minimum Gasteiger partial charge on any atom is -0.480 e. The fourth-order valence-electron chi connectivity index (χ4n) is 2.55. The van der Waals surface area contributed by atoms with Gasteiger partial charge in [-0.25, -0.2) is 0 Å². The van der Waals surface area contributed by atoms with Gasteiger partial charge in [0.05, 0.1) is 0 Å². The number of carboxylic acids is 1. The van der Waals surface area contributed by atoms with Crippen LogP contribution < -0.4 is 5.32 Å². The molecule has 0 aromatic heterocycles. The maximum absolute atomic E-state index is 11.2. The van der Waals surface area contributed by atoms with E-state index in [1.807, 2.05) is 13.8 Å². The highest BCUT2D eigenvalue weighted by Crippen LogP contribution is 2.31. The number of carbonyl (C=O) groups is 1. The Balaban J connectivity index is 2.66. The van der Waals surface area contributed by atoms with E-state index in [0.29, 0.717) is 0 Å². The maximum atomic E-state index is 11.2. The summed E-state index contributed by atoms with van der Waals surface area (Å²) in [5, 5.41) is 12.3. The molecule has 0 aliphatic carbocycles. The van der Waals surface area contributed by atoms with Crippen LogP contribution in [0.1, 0.15) is 33.9 Å². The molecule has 1 atom stereocenters. The molecule has 2 rings (SSSR count). The summed E-state index contributed by atoms with van der Waals surface area (Å²) in [5.74, 6) is -0.783. The molecule has 16 heavy (non-hydrogen) atoms. The van der Waals surface area contributed by atoms with Gasteiger partial charge in [-0.15, -0.1) is 0 Å². The zero-order valence-corrected chi connectivity index (χ0v) is 9.92. The number of rotatable bonds is 1. The standard InChI is InChI=1S/C13H17NO2/c1-7-6-8(2)10-4-5-14-12(13(15)16)11(10)9(7)3/h6,12,14H,4-5H2,1-3H3,(H,15,16). The van der Waals surface area contributed by atoms with Crippen LogP contribution in [0.2, 0.25) is 0 Å². The van der Waals surface area contributed by atoms with E-state index in [0.717, 1.165) is 24.1 Å². The lowest BCUT2D eigenvalue weighted by Crippen LogP contribution is -2.36. The Labute approximate surface area is 95.5 Å². The van der Waals surface area contributed by atoms with Gasteiger partial charge in [0.25, 0.3) is 0 Å².